The summed E-state index contributed by atoms with van der Waals surface area (Å²) in [5, 5.41) is 3.85. The molecular formula is C29H35N3O5. The molecule has 7 atom stereocenters. The highest BCUT2D eigenvalue weighted by Crippen LogP contribution is 2.55. The van der Waals surface area contributed by atoms with Crippen molar-refractivity contribution in [1.29, 1.82) is 0 Å². The van der Waals surface area contributed by atoms with Crippen molar-refractivity contribution in [3.63, 3.8) is 0 Å². The van der Waals surface area contributed by atoms with Gasteiger partial charge in [0.15, 0.2) is 5.78 Å². The van der Waals surface area contributed by atoms with E-state index in [4.69, 9.17) is 4.74 Å². The fourth-order valence-electron chi connectivity index (χ4n) is 7.41. The minimum Gasteiger partial charge on any atom is -0.496 e. The molecule has 0 spiro atoms. The molecule has 0 bridgehead atoms. The van der Waals surface area contributed by atoms with Gasteiger partial charge in [-0.3, -0.25) is 19.2 Å². The quantitative estimate of drug-likeness (QED) is 0.571. The van der Waals surface area contributed by atoms with Gasteiger partial charge in [-0.05, 0) is 67.6 Å². The molecule has 196 valence electrons. The average molecular weight is 506 g/mol. The number of aromatic nitrogens is 1. The number of methoxy groups -OCH3 is 1. The van der Waals surface area contributed by atoms with Crippen molar-refractivity contribution >= 4 is 34.3 Å². The van der Waals surface area contributed by atoms with Crippen molar-refractivity contribution < 1.29 is 23.9 Å². The van der Waals surface area contributed by atoms with Gasteiger partial charge in [0, 0.05) is 36.2 Å². The van der Waals surface area contributed by atoms with E-state index in [1.54, 1.807) is 25.0 Å². The molecule has 1 aromatic heterocycles. The van der Waals surface area contributed by atoms with Crippen molar-refractivity contribution in [2.75, 3.05) is 13.7 Å². The number of nitrogens with zero attached hydrogens (tertiary/aromatic N) is 1. The molecular weight excluding hydrogens is 470 g/mol. The van der Waals surface area contributed by atoms with E-state index in [-0.39, 0.29) is 41.1 Å². The van der Waals surface area contributed by atoms with Crippen LogP contribution in [0.4, 0.5) is 0 Å². The molecule has 1 saturated heterocycles. The van der Waals surface area contributed by atoms with Crippen molar-refractivity contribution in [2.45, 2.75) is 64.0 Å². The smallest absolute Gasteiger partial charge is 0.271 e. The number of fused-ring (bicyclic) bond motifs is 3. The fourth-order valence-corrected chi connectivity index (χ4v) is 7.41. The third-order valence-corrected chi connectivity index (χ3v) is 9.41. The number of nitrogens with one attached hydrogen (secondary N) is 2. The molecule has 1 aromatic carbocycles. The van der Waals surface area contributed by atoms with Gasteiger partial charge in [0.25, 0.3) is 5.91 Å². The monoisotopic (exact) mass is 505 g/mol. The molecule has 4 fully saturated rings. The SMILES string of the molecule is CCC(=O)C(CC1C(=O)CC2CC21)NC(=O)C1C2CCCC2CN1C(=O)c1cc2c(OC)cccc2[nH]1. The Morgan fingerprint density at radius 1 is 1.19 bits per heavy atom. The first-order valence-electron chi connectivity index (χ1n) is 13.7. The second kappa shape index (κ2) is 9.30. The Bertz CT molecular complexity index is 1270. The summed E-state index contributed by atoms with van der Waals surface area (Å²) in [5.74, 6) is 1.47. The lowest BCUT2D eigenvalue weighted by Gasteiger charge is -2.29. The first kappa shape index (κ1) is 24.2. The summed E-state index contributed by atoms with van der Waals surface area (Å²) in [7, 11) is 1.60. The number of carbonyl (C=O) groups excluding carboxylic acids is 4. The van der Waals surface area contributed by atoms with Crippen molar-refractivity contribution in [2.24, 2.45) is 29.6 Å². The topological polar surface area (TPSA) is 109 Å². The first-order chi connectivity index (χ1) is 17.9. The average Bonchev–Trinajstić information content (AvgIpc) is 3.26. The maximum Gasteiger partial charge on any atom is 0.271 e. The van der Waals surface area contributed by atoms with Gasteiger partial charge in [0.1, 0.15) is 23.3 Å². The zero-order chi connectivity index (χ0) is 25.8. The second-order valence-electron chi connectivity index (χ2n) is 11.4. The van der Waals surface area contributed by atoms with Crippen molar-refractivity contribution in [3.8, 4) is 5.75 Å². The fraction of sp³-hybridized carbons (Fsp3) is 0.586. The third kappa shape index (κ3) is 4.14. The van der Waals surface area contributed by atoms with Crippen LogP contribution < -0.4 is 10.1 Å². The molecule has 8 nitrogen and oxygen atoms in total. The highest BCUT2D eigenvalue weighted by atomic mass is 16.5. The number of H-pyrrole nitrogens is 1. The van der Waals surface area contributed by atoms with E-state index in [0.29, 0.717) is 49.1 Å². The van der Waals surface area contributed by atoms with Crippen LogP contribution in [-0.2, 0) is 14.4 Å². The van der Waals surface area contributed by atoms with Gasteiger partial charge in [-0.15, -0.1) is 0 Å². The minimum atomic E-state index is -0.680. The van der Waals surface area contributed by atoms with Crippen LogP contribution >= 0.6 is 0 Å². The zero-order valence-electron chi connectivity index (χ0n) is 21.5. The molecule has 2 heterocycles. The Balaban J connectivity index is 1.25. The number of ether oxygens (including phenoxy) is 1. The van der Waals surface area contributed by atoms with Crippen LogP contribution in [0.3, 0.4) is 0 Å². The van der Waals surface area contributed by atoms with Gasteiger partial charge < -0.3 is 19.9 Å². The lowest BCUT2D eigenvalue weighted by molar-refractivity contribution is -0.132. The molecule has 6 rings (SSSR count). The largest absolute Gasteiger partial charge is 0.496 e. The Labute approximate surface area is 216 Å². The number of carbonyl (C=O) groups is 4. The van der Waals surface area contributed by atoms with E-state index in [9.17, 15) is 19.2 Å². The van der Waals surface area contributed by atoms with Crippen LogP contribution in [0.25, 0.3) is 10.9 Å². The van der Waals surface area contributed by atoms with Gasteiger partial charge >= 0.3 is 0 Å². The summed E-state index contributed by atoms with van der Waals surface area (Å²) >= 11 is 0. The molecule has 3 saturated carbocycles. The molecule has 3 aliphatic carbocycles. The molecule has 4 aliphatic rings. The highest BCUT2D eigenvalue weighted by Gasteiger charge is 2.54. The Morgan fingerprint density at radius 3 is 2.76 bits per heavy atom. The summed E-state index contributed by atoms with van der Waals surface area (Å²) in [6.07, 6.45) is 5.29. The first-order valence-corrected chi connectivity index (χ1v) is 13.7. The summed E-state index contributed by atoms with van der Waals surface area (Å²) < 4.78 is 5.45. The minimum absolute atomic E-state index is 0.0493. The number of Topliss-reactive ketones (excluding diaryl/α,β-unsaturated/α-hetero) is 2. The molecule has 8 heteroatoms. The maximum atomic E-state index is 13.8. The van der Waals surface area contributed by atoms with Gasteiger partial charge in [0.2, 0.25) is 5.91 Å². The Hall–Kier alpha value is -3.16. The standard InChI is InChI=1S/C29H35N3O5/c1-3-24(33)22(12-19-18-10-16(18)11-25(19)34)31-28(35)27-17-7-4-6-15(17)14-32(27)29(36)23-13-20-21(30-23)8-5-9-26(20)37-2/h5,8-9,13,15-19,22,27,30H,3-4,6-7,10-12,14H2,1-2H3,(H,31,35). The summed E-state index contributed by atoms with van der Waals surface area (Å²) in [5.41, 5.74) is 1.23. The van der Waals surface area contributed by atoms with Crippen molar-refractivity contribution in [3.05, 3.63) is 30.0 Å². The zero-order valence-corrected chi connectivity index (χ0v) is 21.5. The van der Waals surface area contributed by atoms with E-state index in [1.165, 1.54) is 0 Å². The predicted molar refractivity (Wildman–Crippen MR) is 137 cm³/mol. The lowest BCUT2D eigenvalue weighted by atomic mass is 9.90. The van der Waals surface area contributed by atoms with Gasteiger partial charge in [-0.1, -0.05) is 19.4 Å². The molecule has 2 N–H and O–H groups in total. The van der Waals surface area contributed by atoms with Gasteiger partial charge in [0.05, 0.1) is 13.2 Å². The molecule has 37 heavy (non-hydrogen) atoms. The maximum absolute atomic E-state index is 13.8. The highest BCUT2D eigenvalue weighted by molar-refractivity contribution is 6.02. The summed E-state index contributed by atoms with van der Waals surface area (Å²) in [4.78, 5) is 57.9. The number of likely N-dealkylation sites (tertiary alicyclic amines) is 1. The molecule has 0 radical (unpaired) electrons. The molecule has 2 amide bonds. The van der Waals surface area contributed by atoms with E-state index in [1.807, 2.05) is 18.2 Å². The van der Waals surface area contributed by atoms with Gasteiger partial charge in [-0.25, -0.2) is 0 Å². The Kier molecular flexibility index (Phi) is 6.08. The van der Waals surface area contributed by atoms with E-state index in [0.717, 1.165) is 36.6 Å². The number of hydrogen-bond donors (Lipinski definition) is 2. The van der Waals surface area contributed by atoms with Crippen LogP contribution in [-0.4, -0.2) is 59.0 Å². The lowest BCUT2D eigenvalue weighted by Crippen LogP contribution is -2.53. The number of aromatic amines is 1. The van der Waals surface area contributed by atoms with Crippen LogP contribution in [0, 0.1) is 29.6 Å². The van der Waals surface area contributed by atoms with Crippen LogP contribution in [0.1, 0.15) is 62.4 Å². The van der Waals surface area contributed by atoms with Gasteiger partial charge in [-0.2, -0.15) is 0 Å². The van der Waals surface area contributed by atoms with Crippen LogP contribution in [0.15, 0.2) is 24.3 Å². The number of amides is 2. The number of ketones is 2. The van der Waals surface area contributed by atoms with Crippen molar-refractivity contribution in [1.82, 2.24) is 15.2 Å². The predicted octanol–water partition coefficient (Wildman–Crippen LogP) is 3.50. The second-order valence-corrected chi connectivity index (χ2v) is 11.4. The molecule has 2 aromatic rings. The summed E-state index contributed by atoms with van der Waals surface area (Å²) in [6.45, 7) is 2.33. The Morgan fingerprint density at radius 2 is 2.03 bits per heavy atom. The van der Waals surface area contributed by atoms with E-state index < -0.39 is 12.1 Å². The van der Waals surface area contributed by atoms with Crippen LogP contribution in [0.5, 0.6) is 5.75 Å². The van der Waals surface area contributed by atoms with E-state index >= 15 is 0 Å². The summed E-state index contributed by atoms with van der Waals surface area (Å²) in [6, 6.07) is 6.11. The van der Waals surface area contributed by atoms with E-state index in [2.05, 4.69) is 10.3 Å². The number of rotatable bonds is 8. The third-order valence-electron chi connectivity index (χ3n) is 9.41. The van der Waals surface area contributed by atoms with Crippen LogP contribution in [0.2, 0.25) is 0 Å². The number of benzene rings is 1. The molecule has 7 unspecified atom stereocenters. The number of hydrogen-bond acceptors (Lipinski definition) is 5. The molecule has 1 aliphatic heterocycles. The normalized spacial score (nSPS) is 30.8.